The molecule has 0 bridgehead atoms. The number of Topliss-reactive ketones (excluding diaryl/α,β-unsaturated/α-hetero) is 1. The van der Waals surface area contributed by atoms with Crippen molar-refractivity contribution in [3.8, 4) is 6.07 Å². The highest BCUT2D eigenvalue weighted by Gasteiger charge is 2.49. The summed E-state index contributed by atoms with van der Waals surface area (Å²) in [6.45, 7) is 3.15. The molecular formula is C27H33BFN5O4. The zero-order valence-corrected chi connectivity index (χ0v) is 21.6. The molecule has 3 aliphatic rings. The molecule has 0 spiro atoms. The number of nitrogens with zero attached hydrogens (tertiary/aromatic N) is 2. The van der Waals surface area contributed by atoms with Crippen molar-refractivity contribution in [3.63, 3.8) is 0 Å². The predicted octanol–water partition coefficient (Wildman–Crippen LogP) is 0.993. The Kier molecular flexibility index (Phi) is 8.51. The van der Waals surface area contributed by atoms with Crippen molar-refractivity contribution in [1.82, 2.24) is 20.8 Å². The lowest BCUT2D eigenvalue weighted by atomic mass is 9.87. The SMILES string of the molecule is [B]NCCNC(=O)CCc1cccc2c1CN(C(=O)C[C@@H]1C[C@@H](C(=O)C3CC(C)(F)C[C@H]3C#N)NC1=O)C2. The van der Waals surface area contributed by atoms with Crippen LogP contribution in [0.15, 0.2) is 18.2 Å². The molecule has 38 heavy (non-hydrogen) atoms. The molecule has 4 rings (SSSR count). The van der Waals surface area contributed by atoms with Crippen LogP contribution < -0.4 is 15.9 Å². The minimum atomic E-state index is -1.58. The smallest absolute Gasteiger partial charge is 0.224 e. The number of hydrogen-bond acceptors (Lipinski definition) is 6. The summed E-state index contributed by atoms with van der Waals surface area (Å²) in [5, 5.41) is 17.3. The average molecular weight is 521 g/mol. The average Bonchev–Trinajstić information content (AvgIpc) is 3.57. The van der Waals surface area contributed by atoms with Gasteiger partial charge in [0.1, 0.15) is 5.67 Å². The predicted molar refractivity (Wildman–Crippen MR) is 137 cm³/mol. The Morgan fingerprint density at radius 1 is 1.26 bits per heavy atom. The minimum Gasteiger partial charge on any atom is -0.365 e. The fourth-order valence-corrected chi connectivity index (χ4v) is 5.93. The second-order valence-corrected chi connectivity index (χ2v) is 10.9. The third kappa shape index (κ3) is 6.24. The summed E-state index contributed by atoms with van der Waals surface area (Å²) in [5.74, 6) is -3.04. The maximum Gasteiger partial charge on any atom is 0.224 e. The standard InChI is InChI=1S/C27H33BFN5O4/c1-27(29)11-19(13-30)20(12-27)25(37)22-9-18(26(38)33-22)10-24(36)34-14-17-4-2-3-16(21(17)15-34)5-6-23(35)31-7-8-32-28/h2-4,18-20,22,32H,5-12,14-15H2,1H3,(H,31,35)(H,33,38)/t18-,19-,20?,22-,27?/m0/s1. The van der Waals surface area contributed by atoms with E-state index in [1.54, 1.807) is 4.90 Å². The monoisotopic (exact) mass is 521 g/mol. The second-order valence-electron chi connectivity index (χ2n) is 10.9. The molecule has 3 N–H and O–H groups in total. The Morgan fingerprint density at radius 2 is 2.05 bits per heavy atom. The molecule has 1 saturated heterocycles. The number of carbonyl (C=O) groups is 4. The maximum atomic E-state index is 14.5. The zero-order chi connectivity index (χ0) is 27.4. The first-order valence-electron chi connectivity index (χ1n) is 13.1. The second kappa shape index (κ2) is 11.6. The highest BCUT2D eigenvalue weighted by Crippen LogP contribution is 2.43. The number of alkyl halides is 1. The quantitative estimate of drug-likeness (QED) is 0.311. The van der Waals surface area contributed by atoms with E-state index in [-0.39, 0.29) is 49.2 Å². The first-order valence-corrected chi connectivity index (χ1v) is 13.1. The summed E-state index contributed by atoms with van der Waals surface area (Å²) in [7, 11) is 5.21. The molecule has 0 aromatic heterocycles. The molecule has 3 amide bonds. The van der Waals surface area contributed by atoms with Crippen molar-refractivity contribution in [1.29, 1.82) is 5.26 Å². The number of nitriles is 1. The highest BCUT2D eigenvalue weighted by atomic mass is 19.1. The maximum absolute atomic E-state index is 14.5. The summed E-state index contributed by atoms with van der Waals surface area (Å²) >= 11 is 0. The number of rotatable bonds is 10. The molecule has 2 heterocycles. The van der Waals surface area contributed by atoms with Gasteiger partial charge in [0.05, 0.1) is 18.0 Å². The fraction of sp³-hybridized carbons (Fsp3) is 0.593. The van der Waals surface area contributed by atoms with Crippen LogP contribution in [-0.4, -0.2) is 61.2 Å². The van der Waals surface area contributed by atoms with Crippen LogP contribution >= 0.6 is 0 Å². The lowest BCUT2D eigenvalue weighted by molar-refractivity contribution is -0.135. The minimum absolute atomic E-state index is 0.0104. The lowest BCUT2D eigenvalue weighted by Crippen LogP contribution is -2.38. The molecular weight excluding hydrogens is 488 g/mol. The van der Waals surface area contributed by atoms with E-state index in [2.05, 4.69) is 15.9 Å². The van der Waals surface area contributed by atoms with Crippen LogP contribution in [0.1, 0.15) is 55.7 Å². The highest BCUT2D eigenvalue weighted by molar-refractivity contribution is 6.04. The molecule has 2 unspecified atom stereocenters. The first-order chi connectivity index (χ1) is 18.1. The summed E-state index contributed by atoms with van der Waals surface area (Å²) in [6.07, 6.45) is 0.996. The van der Waals surface area contributed by atoms with Gasteiger partial charge in [-0.3, -0.25) is 19.2 Å². The first kappa shape index (κ1) is 27.8. The van der Waals surface area contributed by atoms with Gasteiger partial charge in [0, 0.05) is 50.9 Å². The molecule has 5 atom stereocenters. The van der Waals surface area contributed by atoms with Crippen LogP contribution in [-0.2, 0) is 38.7 Å². The van der Waals surface area contributed by atoms with Gasteiger partial charge in [0.15, 0.2) is 13.8 Å². The largest absolute Gasteiger partial charge is 0.365 e. The van der Waals surface area contributed by atoms with E-state index in [1.165, 1.54) is 6.92 Å². The van der Waals surface area contributed by atoms with E-state index in [0.717, 1.165) is 16.7 Å². The van der Waals surface area contributed by atoms with E-state index in [0.29, 0.717) is 39.0 Å². The van der Waals surface area contributed by atoms with Gasteiger partial charge < -0.3 is 20.8 Å². The van der Waals surface area contributed by atoms with Gasteiger partial charge in [-0.2, -0.15) is 5.26 Å². The van der Waals surface area contributed by atoms with E-state index in [9.17, 15) is 28.8 Å². The molecule has 1 saturated carbocycles. The molecule has 1 aromatic carbocycles. The van der Waals surface area contributed by atoms with Crippen molar-refractivity contribution in [2.75, 3.05) is 13.1 Å². The zero-order valence-electron chi connectivity index (χ0n) is 21.6. The van der Waals surface area contributed by atoms with Crippen LogP contribution in [0.5, 0.6) is 0 Å². The Labute approximate surface area is 223 Å². The summed E-state index contributed by atoms with van der Waals surface area (Å²) in [5.41, 5.74) is 1.48. The van der Waals surface area contributed by atoms with E-state index in [4.69, 9.17) is 7.98 Å². The van der Waals surface area contributed by atoms with Crippen molar-refractivity contribution >= 4 is 31.5 Å². The van der Waals surface area contributed by atoms with Crippen LogP contribution in [0, 0.1) is 29.1 Å². The number of benzene rings is 1. The molecule has 2 aliphatic heterocycles. The normalized spacial score (nSPS) is 28.0. The van der Waals surface area contributed by atoms with E-state index in [1.807, 2.05) is 24.3 Å². The summed E-state index contributed by atoms with van der Waals surface area (Å²) in [4.78, 5) is 52.6. The third-order valence-corrected chi connectivity index (χ3v) is 7.93. The molecule has 200 valence electrons. The van der Waals surface area contributed by atoms with Gasteiger partial charge >= 0.3 is 0 Å². The Morgan fingerprint density at radius 3 is 2.79 bits per heavy atom. The number of fused-ring (bicyclic) bond motifs is 1. The number of nitrogens with one attached hydrogen (secondary N) is 3. The molecule has 1 aliphatic carbocycles. The van der Waals surface area contributed by atoms with Crippen molar-refractivity contribution in [2.45, 2.75) is 70.2 Å². The van der Waals surface area contributed by atoms with Gasteiger partial charge in [0.2, 0.25) is 17.7 Å². The molecule has 1 aromatic rings. The summed E-state index contributed by atoms with van der Waals surface area (Å²) in [6, 6.07) is 7.08. The van der Waals surface area contributed by atoms with Gasteiger partial charge in [-0.05, 0) is 49.3 Å². The molecule has 9 nitrogen and oxygen atoms in total. The molecule has 2 fully saturated rings. The van der Waals surface area contributed by atoms with Gasteiger partial charge in [-0.1, -0.05) is 18.2 Å². The number of aryl methyl sites for hydroxylation is 1. The Balaban J connectivity index is 1.31. The van der Waals surface area contributed by atoms with Crippen LogP contribution in [0.25, 0.3) is 0 Å². The number of halogens is 1. The Bertz CT molecular complexity index is 1150. The van der Waals surface area contributed by atoms with Crippen molar-refractivity contribution in [3.05, 3.63) is 34.9 Å². The number of carbonyl (C=O) groups excluding carboxylic acids is 4. The Hall–Kier alpha value is -3.26. The van der Waals surface area contributed by atoms with Crippen LogP contribution in [0.4, 0.5) is 4.39 Å². The van der Waals surface area contributed by atoms with E-state index >= 15 is 0 Å². The van der Waals surface area contributed by atoms with E-state index < -0.39 is 29.5 Å². The molecule has 2 radical (unpaired) electrons. The van der Waals surface area contributed by atoms with Crippen LogP contribution in [0.2, 0.25) is 0 Å². The summed E-state index contributed by atoms with van der Waals surface area (Å²) < 4.78 is 14.5. The number of ketones is 1. The third-order valence-electron chi connectivity index (χ3n) is 7.93. The molecule has 11 heteroatoms. The van der Waals surface area contributed by atoms with Crippen molar-refractivity contribution < 1.29 is 23.6 Å². The lowest BCUT2D eigenvalue weighted by Gasteiger charge is -2.18. The van der Waals surface area contributed by atoms with Gasteiger partial charge in [-0.25, -0.2) is 4.39 Å². The number of amides is 3. The topological polar surface area (TPSA) is 131 Å². The van der Waals surface area contributed by atoms with Gasteiger partial charge in [0.25, 0.3) is 0 Å². The van der Waals surface area contributed by atoms with Crippen LogP contribution in [0.3, 0.4) is 0 Å². The fourth-order valence-electron chi connectivity index (χ4n) is 5.93. The van der Waals surface area contributed by atoms with Crippen molar-refractivity contribution in [2.24, 2.45) is 17.8 Å². The van der Waals surface area contributed by atoms with Gasteiger partial charge in [-0.15, -0.1) is 0 Å². The number of hydrogen-bond donors (Lipinski definition) is 3.